The summed E-state index contributed by atoms with van der Waals surface area (Å²) in [5, 5.41) is 3.58. The topological polar surface area (TPSA) is 32.3 Å². The van der Waals surface area contributed by atoms with E-state index in [0.29, 0.717) is 0 Å². The number of carbonyl (C=O) groups excluding carboxylic acids is 1. The molecule has 0 aliphatic heterocycles. The number of carbonyl (C=O) groups is 1. The highest BCUT2D eigenvalue weighted by Gasteiger charge is 2.32. The number of nitrogens with one attached hydrogen (secondary N) is 1. The fraction of sp³-hybridized carbons (Fsp3) is 0.174. The number of hydrogen-bond acceptors (Lipinski definition) is 2. The Hall–Kier alpha value is -3.07. The normalized spacial score (nSPS) is 12.8. The van der Waals surface area contributed by atoms with Crippen molar-refractivity contribution in [3.05, 3.63) is 102 Å². The van der Waals surface area contributed by atoms with Crippen LogP contribution in [0.15, 0.2) is 91.0 Å². The number of anilines is 1. The summed E-state index contributed by atoms with van der Waals surface area (Å²) in [6.45, 7) is 0. The van der Waals surface area contributed by atoms with Crippen LogP contribution < -0.4 is 5.32 Å². The Morgan fingerprint density at radius 1 is 0.731 bits per heavy atom. The number of para-hydroxylation sites is 1. The van der Waals surface area contributed by atoms with E-state index in [2.05, 4.69) is 17.4 Å². The molecule has 0 radical (unpaired) electrons. The van der Waals surface area contributed by atoms with E-state index >= 15 is 0 Å². The molecule has 0 unspecified atom stereocenters. The smallest absolute Gasteiger partial charge is 0.232 e. The van der Waals surface area contributed by atoms with E-state index in [1.165, 1.54) is 0 Å². The van der Waals surface area contributed by atoms with Crippen LogP contribution in [-0.4, -0.2) is 24.9 Å². The van der Waals surface area contributed by atoms with E-state index in [1.54, 1.807) is 4.90 Å². The van der Waals surface area contributed by atoms with Gasteiger partial charge in [0.1, 0.15) is 0 Å². The molecule has 3 aromatic rings. The van der Waals surface area contributed by atoms with Gasteiger partial charge in [-0.05, 0) is 23.3 Å². The Morgan fingerprint density at radius 3 is 1.69 bits per heavy atom. The fourth-order valence-corrected chi connectivity index (χ4v) is 3.15. The number of amides is 1. The van der Waals surface area contributed by atoms with E-state index < -0.39 is 0 Å². The molecule has 0 aliphatic carbocycles. The van der Waals surface area contributed by atoms with Crippen molar-refractivity contribution in [1.82, 2.24) is 4.90 Å². The van der Waals surface area contributed by atoms with Crippen molar-refractivity contribution in [2.24, 2.45) is 0 Å². The van der Waals surface area contributed by atoms with Crippen molar-refractivity contribution in [2.45, 2.75) is 12.0 Å². The van der Waals surface area contributed by atoms with Gasteiger partial charge in [-0.1, -0.05) is 78.9 Å². The minimum Gasteiger partial charge on any atom is -0.377 e. The lowest BCUT2D eigenvalue weighted by Gasteiger charge is -2.31. The highest BCUT2D eigenvalue weighted by Crippen LogP contribution is 2.35. The van der Waals surface area contributed by atoms with Gasteiger partial charge < -0.3 is 10.2 Å². The predicted octanol–water partition coefficient (Wildman–Crippen LogP) is 4.71. The number of likely N-dealkylation sites (N-methyl/N-ethyl adjacent to an activating group) is 1. The Labute approximate surface area is 155 Å². The molecule has 3 rings (SSSR count). The van der Waals surface area contributed by atoms with Crippen LogP contribution in [0.3, 0.4) is 0 Å². The van der Waals surface area contributed by atoms with E-state index in [0.717, 1.165) is 16.8 Å². The fourth-order valence-electron chi connectivity index (χ4n) is 3.15. The zero-order chi connectivity index (χ0) is 18.4. The lowest BCUT2D eigenvalue weighted by molar-refractivity contribution is -0.130. The van der Waals surface area contributed by atoms with Crippen molar-refractivity contribution in [1.29, 1.82) is 0 Å². The first kappa shape index (κ1) is 17.7. The summed E-state index contributed by atoms with van der Waals surface area (Å²) in [6, 6.07) is 30.0. The maximum atomic E-state index is 13.1. The average molecular weight is 344 g/mol. The standard InChI is InChI=1S/C23H24N2O/c1-25(2)23(26)21(18-12-6-3-7-13-18)22(19-14-8-4-9-15-19)24-20-16-10-5-11-17-20/h3-17,21-22,24H,1-2H3/t21-,22-/m1/s1. The van der Waals surface area contributed by atoms with E-state index in [4.69, 9.17) is 0 Å². The van der Waals surface area contributed by atoms with Crippen LogP contribution in [0, 0.1) is 0 Å². The zero-order valence-electron chi connectivity index (χ0n) is 15.2. The summed E-state index contributed by atoms with van der Waals surface area (Å²) in [5.74, 6) is -0.248. The highest BCUT2D eigenvalue weighted by atomic mass is 16.2. The summed E-state index contributed by atoms with van der Waals surface area (Å²) < 4.78 is 0. The van der Waals surface area contributed by atoms with Gasteiger partial charge in [-0.25, -0.2) is 0 Å². The lowest BCUT2D eigenvalue weighted by Crippen LogP contribution is -2.34. The lowest BCUT2D eigenvalue weighted by atomic mass is 9.85. The molecule has 0 heterocycles. The summed E-state index contributed by atoms with van der Waals surface area (Å²) in [4.78, 5) is 14.8. The molecule has 1 N–H and O–H groups in total. The van der Waals surface area contributed by atoms with Gasteiger partial charge in [-0.3, -0.25) is 4.79 Å². The monoisotopic (exact) mass is 344 g/mol. The Bertz CT molecular complexity index is 817. The number of nitrogens with zero attached hydrogens (tertiary/aromatic N) is 1. The molecule has 3 heteroatoms. The summed E-state index contributed by atoms with van der Waals surface area (Å²) in [5.41, 5.74) is 3.08. The molecule has 3 nitrogen and oxygen atoms in total. The van der Waals surface area contributed by atoms with Crippen LogP contribution in [0.4, 0.5) is 5.69 Å². The maximum Gasteiger partial charge on any atom is 0.232 e. The number of benzene rings is 3. The van der Waals surface area contributed by atoms with E-state index in [-0.39, 0.29) is 17.9 Å². The van der Waals surface area contributed by atoms with Crippen molar-refractivity contribution < 1.29 is 4.79 Å². The molecular weight excluding hydrogens is 320 g/mol. The summed E-state index contributed by atoms with van der Waals surface area (Å²) in [6.07, 6.45) is 0. The largest absolute Gasteiger partial charge is 0.377 e. The molecule has 0 saturated carbocycles. The number of hydrogen-bond donors (Lipinski definition) is 1. The Morgan fingerprint density at radius 2 is 1.19 bits per heavy atom. The SMILES string of the molecule is CN(C)C(=O)[C@H](c1ccccc1)[C@H](Nc1ccccc1)c1ccccc1. The molecule has 0 spiro atoms. The average Bonchev–Trinajstić information content (AvgIpc) is 2.69. The minimum atomic E-state index is -0.325. The first-order valence-electron chi connectivity index (χ1n) is 8.79. The molecule has 26 heavy (non-hydrogen) atoms. The Balaban J connectivity index is 2.08. The molecule has 0 saturated heterocycles. The second-order valence-electron chi connectivity index (χ2n) is 6.52. The minimum absolute atomic E-state index is 0.0773. The third-order valence-electron chi connectivity index (χ3n) is 4.45. The molecule has 2 atom stereocenters. The molecule has 132 valence electrons. The van der Waals surface area contributed by atoms with Crippen LogP contribution in [0.2, 0.25) is 0 Å². The zero-order valence-corrected chi connectivity index (χ0v) is 15.2. The van der Waals surface area contributed by atoms with Gasteiger partial charge in [0.05, 0.1) is 12.0 Å². The second-order valence-corrected chi connectivity index (χ2v) is 6.52. The maximum absolute atomic E-state index is 13.1. The van der Waals surface area contributed by atoms with E-state index in [9.17, 15) is 4.79 Å². The summed E-state index contributed by atoms with van der Waals surface area (Å²) >= 11 is 0. The highest BCUT2D eigenvalue weighted by molar-refractivity contribution is 5.85. The first-order chi connectivity index (χ1) is 12.7. The van der Waals surface area contributed by atoms with Crippen LogP contribution in [0.25, 0.3) is 0 Å². The molecule has 3 aromatic carbocycles. The number of rotatable bonds is 6. The molecule has 0 aromatic heterocycles. The summed E-state index contributed by atoms with van der Waals surface area (Å²) in [7, 11) is 3.62. The van der Waals surface area contributed by atoms with Gasteiger partial charge in [0, 0.05) is 19.8 Å². The molecule has 0 aliphatic rings. The van der Waals surface area contributed by atoms with Crippen molar-refractivity contribution in [2.75, 3.05) is 19.4 Å². The first-order valence-corrected chi connectivity index (χ1v) is 8.79. The quantitative estimate of drug-likeness (QED) is 0.702. The predicted molar refractivity (Wildman–Crippen MR) is 107 cm³/mol. The van der Waals surface area contributed by atoms with Gasteiger partial charge in [0.2, 0.25) is 5.91 Å². The van der Waals surface area contributed by atoms with Crippen LogP contribution in [0.1, 0.15) is 23.1 Å². The molecule has 1 amide bonds. The third-order valence-corrected chi connectivity index (χ3v) is 4.45. The van der Waals surface area contributed by atoms with Crippen LogP contribution in [0.5, 0.6) is 0 Å². The van der Waals surface area contributed by atoms with Gasteiger partial charge >= 0.3 is 0 Å². The molecular formula is C23H24N2O. The third kappa shape index (κ3) is 4.12. The van der Waals surface area contributed by atoms with Gasteiger partial charge in [-0.15, -0.1) is 0 Å². The second kappa shape index (κ2) is 8.34. The molecule has 0 bridgehead atoms. The van der Waals surface area contributed by atoms with Crippen molar-refractivity contribution in [3.8, 4) is 0 Å². The van der Waals surface area contributed by atoms with Crippen LogP contribution in [-0.2, 0) is 4.79 Å². The van der Waals surface area contributed by atoms with Gasteiger partial charge in [-0.2, -0.15) is 0 Å². The van der Waals surface area contributed by atoms with Gasteiger partial charge in [0.25, 0.3) is 0 Å². The van der Waals surface area contributed by atoms with Crippen molar-refractivity contribution >= 4 is 11.6 Å². The Kier molecular flexibility index (Phi) is 5.69. The molecule has 0 fully saturated rings. The van der Waals surface area contributed by atoms with Gasteiger partial charge in [0.15, 0.2) is 0 Å². The van der Waals surface area contributed by atoms with Crippen LogP contribution >= 0.6 is 0 Å². The van der Waals surface area contributed by atoms with E-state index in [1.807, 2.05) is 93.0 Å². The van der Waals surface area contributed by atoms with Crippen molar-refractivity contribution in [3.63, 3.8) is 0 Å².